The Morgan fingerprint density at radius 1 is 1.45 bits per heavy atom. The molecule has 0 bridgehead atoms. The molecule has 1 atom stereocenters. The van der Waals surface area contributed by atoms with E-state index in [9.17, 15) is 18.0 Å². The van der Waals surface area contributed by atoms with E-state index in [4.69, 9.17) is 0 Å². The second-order valence-corrected chi connectivity index (χ2v) is 5.26. The Kier molecular flexibility index (Phi) is 6.64. The van der Waals surface area contributed by atoms with Crippen LogP contribution in [0.5, 0.6) is 0 Å². The smallest absolute Gasteiger partial charge is 0.433 e. The summed E-state index contributed by atoms with van der Waals surface area (Å²) in [6, 6.07) is 2.86. The molecular formula is C15H21F3N2O2. The summed E-state index contributed by atoms with van der Waals surface area (Å²) in [6.07, 6.45) is -1.89. The Morgan fingerprint density at radius 3 is 2.59 bits per heavy atom. The second-order valence-electron chi connectivity index (χ2n) is 5.26. The van der Waals surface area contributed by atoms with E-state index in [1.165, 1.54) is 6.07 Å². The van der Waals surface area contributed by atoms with Crippen LogP contribution in [0.2, 0.25) is 0 Å². The Hall–Kier alpha value is -1.79. The zero-order chi connectivity index (χ0) is 16.8. The van der Waals surface area contributed by atoms with Gasteiger partial charge in [-0.3, -0.25) is 4.79 Å². The lowest BCUT2D eigenvalue weighted by atomic mass is 10.0. The molecule has 22 heavy (non-hydrogen) atoms. The molecule has 0 aliphatic carbocycles. The van der Waals surface area contributed by atoms with Crippen LogP contribution in [0.25, 0.3) is 0 Å². The average molecular weight is 318 g/mol. The number of halogens is 3. The van der Waals surface area contributed by atoms with E-state index in [0.29, 0.717) is 24.6 Å². The third-order valence-electron chi connectivity index (χ3n) is 3.17. The zero-order valence-electron chi connectivity index (χ0n) is 12.9. The number of anilines is 1. The highest BCUT2D eigenvalue weighted by atomic mass is 19.4. The summed E-state index contributed by atoms with van der Waals surface area (Å²) in [7, 11) is 0. The van der Waals surface area contributed by atoms with Crippen molar-refractivity contribution in [3.63, 3.8) is 0 Å². The minimum Gasteiger partial charge on any atom is -0.465 e. The summed E-state index contributed by atoms with van der Waals surface area (Å²) in [5, 5.41) is 3.20. The van der Waals surface area contributed by atoms with Crippen LogP contribution >= 0.6 is 0 Å². The Balaban J connectivity index is 0.000000346. The van der Waals surface area contributed by atoms with Gasteiger partial charge < -0.3 is 10.1 Å². The third kappa shape index (κ3) is 5.54. The Labute approximate surface area is 128 Å². The van der Waals surface area contributed by atoms with E-state index < -0.39 is 11.9 Å². The molecule has 0 saturated heterocycles. The molecule has 2 rings (SSSR count). The lowest BCUT2D eigenvalue weighted by Crippen LogP contribution is -2.26. The minimum atomic E-state index is -4.35. The number of rotatable bonds is 3. The number of pyridine rings is 1. The molecule has 1 N–H and O–H groups in total. The van der Waals surface area contributed by atoms with Crippen molar-refractivity contribution in [2.24, 2.45) is 0 Å². The van der Waals surface area contributed by atoms with Crippen LogP contribution in [0.4, 0.5) is 18.9 Å². The number of carbonyl (C=O) groups is 1. The molecule has 0 fully saturated rings. The van der Waals surface area contributed by atoms with Gasteiger partial charge in [-0.05, 0) is 45.2 Å². The standard InChI is InChI=1S/C11H13F3N2.C4H8O2/c1-2-7-3-4-9-8(15-7)5-6-10(16-9)11(12,13)14;1-4(2)6-3-5/h5-7,15H,2-4H2,1H3;3-4H,1-2H3. The molecule has 1 unspecified atom stereocenters. The second kappa shape index (κ2) is 8.00. The number of nitrogens with zero attached hydrogens (tertiary/aromatic N) is 1. The fraction of sp³-hybridized carbons (Fsp3) is 0.600. The van der Waals surface area contributed by atoms with Crippen LogP contribution in [0.3, 0.4) is 0 Å². The molecule has 2 heterocycles. The van der Waals surface area contributed by atoms with Crippen molar-refractivity contribution in [3.05, 3.63) is 23.5 Å². The van der Waals surface area contributed by atoms with Crippen LogP contribution in [-0.2, 0) is 22.1 Å². The van der Waals surface area contributed by atoms with Crippen LogP contribution < -0.4 is 5.32 Å². The van der Waals surface area contributed by atoms with Crippen molar-refractivity contribution in [1.82, 2.24) is 4.98 Å². The summed E-state index contributed by atoms with van der Waals surface area (Å²) < 4.78 is 41.6. The van der Waals surface area contributed by atoms with Gasteiger partial charge in [0, 0.05) is 6.04 Å². The minimum absolute atomic E-state index is 0.0301. The number of fused-ring (bicyclic) bond motifs is 1. The van der Waals surface area contributed by atoms with E-state index in [1.54, 1.807) is 13.8 Å². The van der Waals surface area contributed by atoms with Gasteiger partial charge in [0.05, 0.1) is 17.5 Å². The molecule has 1 aliphatic rings. The molecule has 1 aromatic rings. The number of hydrogen-bond donors (Lipinski definition) is 1. The van der Waals surface area contributed by atoms with Gasteiger partial charge in [0.1, 0.15) is 5.69 Å². The predicted octanol–water partition coefficient (Wildman–Crippen LogP) is 3.80. The van der Waals surface area contributed by atoms with Gasteiger partial charge >= 0.3 is 6.18 Å². The molecule has 0 aromatic carbocycles. The van der Waals surface area contributed by atoms with E-state index >= 15 is 0 Å². The van der Waals surface area contributed by atoms with Gasteiger partial charge in [0.25, 0.3) is 6.47 Å². The molecule has 0 amide bonds. The number of carbonyl (C=O) groups excluding carboxylic acids is 1. The molecule has 1 aliphatic heterocycles. The van der Waals surface area contributed by atoms with E-state index in [0.717, 1.165) is 24.6 Å². The highest BCUT2D eigenvalue weighted by Gasteiger charge is 2.33. The van der Waals surface area contributed by atoms with E-state index in [1.807, 2.05) is 0 Å². The first-order valence-corrected chi connectivity index (χ1v) is 7.20. The van der Waals surface area contributed by atoms with E-state index in [2.05, 4.69) is 22.0 Å². The number of alkyl halides is 3. The van der Waals surface area contributed by atoms with Crippen molar-refractivity contribution in [3.8, 4) is 0 Å². The van der Waals surface area contributed by atoms with Crippen LogP contribution in [0.15, 0.2) is 12.1 Å². The number of hydrogen-bond acceptors (Lipinski definition) is 4. The average Bonchev–Trinajstić information content (AvgIpc) is 2.45. The van der Waals surface area contributed by atoms with Gasteiger partial charge in [0.15, 0.2) is 0 Å². The molecule has 7 heteroatoms. The van der Waals surface area contributed by atoms with Gasteiger partial charge in [-0.1, -0.05) is 6.92 Å². The normalized spacial score (nSPS) is 17.0. The molecular weight excluding hydrogens is 297 g/mol. The van der Waals surface area contributed by atoms with Crippen LogP contribution in [-0.4, -0.2) is 23.6 Å². The SMILES string of the molecule is CC(C)OC=O.CCC1CCc2nc(C(F)(F)F)ccc2N1. The highest BCUT2D eigenvalue weighted by molar-refractivity contribution is 5.51. The maximum atomic E-state index is 12.4. The van der Waals surface area contributed by atoms with Crippen molar-refractivity contribution >= 4 is 12.2 Å². The lowest BCUT2D eigenvalue weighted by Gasteiger charge is -2.25. The van der Waals surface area contributed by atoms with Crippen molar-refractivity contribution < 1.29 is 22.7 Å². The zero-order valence-corrected chi connectivity index (χ0v) is 12.9. The van der Waals surface area contributed by atoms with Crippen molar-refractivity contribution in [2.45, 2.75) is 58.4 Å². The van der Waals surface area contributed by atoms with Crippen LogP contribution in [0.1, 0.15) is 45.0 Å². The molecule has 0 saturated carbocycles. The summed E-state index contributed by atoms with van der Waals surface area (Å²) in [6.45, 7) is 6.10. The lowest BCUT2D eigenvalue weighted by molar-refractivity contribution is -0.141. The summed E-state index contributed by atoms with van der Waals surface area (Å²) >= 11 is 0. The number of nitrogens with one attached hydrogen (secondary N) is 1. The molecule has 4 nitrogen and oxygen atoms in total. The van der Waals surface area contributed by atoms with Crippen LogP contribution in [0, 0.1) is 0 Å². The molecule has 1 aromatic heterocycles. The monoisotopic (exact) mass is 318 g/mol. The van der Waals surface area contributed by atoms with Crippen molar-refractivity contribution in [2.75, 3.05) is 5.32 Å². The number of aromatic nitrogens is 1. The first kappa shape index (κ1) is 18.3. The topological polar surface area (TPSA) is 51.2 Å². The Bertz CT molecular complexity index is 490. The predicted molar refractivity (Wildman–Crippen MR) is 77.5 cm³/mol. The largest absolute Gasteiger partial charge is 0.465 e. The molecule has 124 valence electrons. The quantitative estimate of drug-likeness (QED) is 0.861. The van der Waals surface area contributed by atoms with Gasteiger partial charge in [-0.25, -0.2) is 4.98 Å². The maximum absolute atomic E-state index is 12.4. The highest BCUT2D eigenvalue weighted by Crippen LogP contribution is 2.31. The first-order valence-electron chi connectivity index (χ1n) is 7.20. The number of ether oxygens (including phenoxy) is 1. The summed E-state index contributed by atoms with van der Waals surface area (Å²) in [5.74, 6) is 0. The fourth-order valence-corrected chi connectivity index (χ4v) is 2.00. The van der Waals surface area contributed by atoms with E-state index in [-0.39, 0.29) is 6.10 Å². The molecule has 0 radical (unpaired) electrons. The fourth-order valence-electron chi connectivity index (χ4n) is 2.00. The summed E-state index contributed by atoms with van der Waals surface area (Å²) in [4.78, 5) is 13.1. The van der Waals surface area contributed by atoms with Gasteiger partial charge in [-0.2, -0.15) is 13.2 Å². The van der Waals surface area contributed by atoms with Gasteiger partial charge in [0.2, 0.25) is 0 Å². The summed E-state index contributed by atoms with van der Waals surface area (Å²) in [5.41, 5.74) is 0.466. The Morgan fingerprint density at radius 2 is 2.14 bits per heavy atom. The number of aryl methyl sites for hydroxylation is 1. The maximum Gasteiger partial charge on any atom is 0.433 e. The first-order chi connectivity index (χ1) is 10.3. The third-order valence-corrected chi connectivity index (χ3v) is 3.17. The van der Waals surface area contributed by atoms with Crippen molar-refractivity contribution in [1.29, 1.82) is 0 Å². The molecule has 0 spiro atoms. The van der Waals surface area contributed by atoms with Gasteiger partial charge in [-0.15, -0.1) is 0 Å².